The Morgan fingerprint density at radius 3 is 2.30 bits per heavy atom. The Balaban J connectivity index is 1.99. The van der Waals surface area contributed by atoms with Crippen LogP contribution in [0.5, 0.6) is 0 Å². The Morgan fingerprint density at radius 2 is 1.70 bits per heavy atom. The van der Waals surface area contributed by atoms with Gasteiger partial charge >= 0.3 is 18.2 Å². The summed E-state index contributed by atoms with van der Waals surface area (Å²) < 4.78 is 49.9. The van der Waals surface area contributed by atoms with Crippen LogP contribution in [0.25, 0.3) is 10.9 Å². The Labute approximate surface area is 170 Å². The van der Waals surface area contributed by atoms with Crippen LogP contribution in [0.1, 0.15) is 30.0 Å². The number of alkyl halides is 3. The van der Waals surface area contributed by atoms with E-state index in [1.807, 2.05) is 0 Å². The maximum Gasteiger partial charge on any atom is 0.451 e. The minimum absolute atomic E-state index is 0.0574. The zero-order valence-corrected chi connectivity index (χ0v) is 16.5. The van der Waals surface area contributed by atoms with E-state index in [9.17, 15) is 22.8 Å². The van der Waals surface area contributed by atoms with Crippen LogP contribution in [0.15, 0.2) is 18.2 Å². The second kappa shape index (κ2) is 8.72. The first-order valence-corrected chi connectivity index (χ1v) is 9.47. The second-order valence-electron chi connectivity index (χ2n) is 6.49. The number of hydrogen-bond acceptors (Lipinski definition) is 7. The van der Waals surface area contributed by atoms with Crippen LogP contribution < -0.4 is 4.90 Å². The number of nitrogens with zero attached hydrogens (tertiary/aromatic N) is 4. The summed E-state index contributed by atoms with van der Waals surface area (Å²) in [7, 11) is 0. The molecular weight excluding hydrogens is 405 g/mol. The zero-order valence-electron chi connectivity index (χ0n) is 16.5. The molecule has 2 heterocycles. The molecule has 11 heteroatoms. The highest BCUT2D eigenvalue weighted by molar-refractivity contribution is 5.98. The van der Waals surface area contributed by atoms with Gasteiger partial charge in [-0.15, -0.1) is 0 Å². The van der Waals surface area contributed by atoms with E-state index >= 15 is 0 Å². The standard InChI is InChI=1S/C19H21F3N4O4/c1-3-29-16(27)12-5-6-14-13(11-12)15(24-17(23-14)19(20,21)22)25-7-9-26(10-8-25)18(28)30-4-2/h5-6,11H,3-4,7-10H2,1-2H3. The largest absolute Gasteiger partial charge is 0.462 e. The third-order valence-electron chi connectivity index (χ3n) is 4.55. The van der Waals surface area contributed by atoms with Gasteiger partial charge in [0.1, 0.15) is 5.82 Å². The van der Waals surface area contributed by atoms with Gasteiger partial charge in [-0.2, -0.15) is 13.2 Å². The van der Waals surface area contributed by atoms with Crippen molar-refractivity contribution in [3.63, 3.8) is 0 Å². The summed E-state index contributed by atoms with van der Waals surface area (Å²) >= 11 is 0. The van der Waals surface area contributed by atoms with E-state index in [0.717, 1.165) is 0 Å². The lowest BCUT2D eigenvalue weighted by atomic mass is 10.1. The molecule has 0 atom stereocenters. The first kappa shape index (κ1) is 21.6. The Kier molecular flexibility index (Phi) is 6.28. The van der Waals surface area contributed by atoms with Gasteiger partial charge < -0.3 is 19.3 Å². The summed E-state index contributed by atoms with van der Waals surface area (Å²) in [5, 5.41) is 0.304. The molecule has 8 nitrogen and oxygen atoms in total. The lowest BCUT2D eigenvalue weighted by Gasteiger charge is -2.35. The SMILES string of the molecule is CCOC(=O)c1ccc2nc(C(F)(F)F)nc(N3CCN(C(=O)OCC)CC3)c2c1. The van der Waals surface area contributed by atoms with Crippen molar-refractivity contribution in [2.75, 3.05) is 44.3 Å². The molecule has 30 heavy (non-hydrogen) atoms. The number of anilines is 1. The van der Waals surface area contributed by atoms with Gasteiger partial charge in [-0.05, 0) is 32.0 Å². The maximum atomic E-state index is 13.3. The van der Waals surface area contributed by atoms with E-state index in [1.165, 1.54) is 23.1 Å². The minimum atomic E-state index is -4.73. The van der Waals surface area contributed by atoms with E-state index < -0.39 is 24.1 Å². The van der Waals surface area contributed by atoms with Crippen LogP contribution in [0.4, 0.5) is 23.8 Å². The molecule has 0 saturated carbocycles. The number of aromatic nitrogens is 2. The highest BCUT2D eigenvalue weighted by atomic mass is 19.4. The molecule has 3 rings (SSSR count). The summed E-state index contributed by atoms with van der Waals surface area (Å²) in [6.07, 6.45) is -5.19. The fourth-order valence-corrected chi connectivity index (χ4v) is 3.14. The molecule has 1 aliphatic rings. The van der Waals surface area contributed by atoms with Crippen molar-refractivity contribution in [3.05, 3.63) is 29.6 Å². The van der Waals surface area contributed by atoms with Gasteiger partial charge in [-0.3, -0.25) is 0 Å². The average molecular weight is 426 g/mol. The van der Waals surface area contributed by atoms with Crippen molar-refractivity contribution in [2.24, 2.45) is 0 Å². The van der Waals surface area contributed by atoms with Crippen LogP contribution in [0, 0.1) is 0 Å². The van der Waals surface area contributed by atoms with Crippen molar-refractivity contribution >= 4 is 28.8 Å². The van der Waals surface area contributed by atoms with Crippen LogP contribution in [-0.4, -0.2) is 66.3 Å². The number of rotatable bonds is 4. The highest BCUT2D eigenvalue weighted by Crippen LogP contribution is 2.32. The second-order valence-corrected chi connectivity index (χ2v) is 6.49. The number of esters is 1. The minimum Gasteiger partial charge on any atom is -0.462 e. The molecular formula is C19H21F3N4O4. The van der Waals surface area contributed by atoms with Crippen LogP contribution >= 0.6 is 0 Å². The average Bonchev–Trinajstić information content (AvgIpc) is 2.72. The summed E-state index contributed by atoms with van der Waals surface area (Å²) in [5.74, 6) is -1.79. The quantitative estimate of drug-likeness (QED) is 0.695. The zero-order chi connectivity index (χ0) is 21.9. The van der Waals surface area contributed by atoms with Gasteiger partial charge in [0.15, 0.2) is 0 Å². The number of piperazine rings is 1. The third kappa shape index (κ3) is 4.55. The first-order chi connectivity index (χ1) is 14.2. The molecule has 0 aliphatic carbocycles. The lowest BCUT2D eigenvalue weighted by molar-refractivity contribution is -0.144. The number of ether oxygens (including phenoxy) is 2. The molecule has 162 valence electrons. The Bertz CT molecular complexity index is 943. The van der Waals surface area contributed by atoms with Crippen LogP contribution in [0.2, 0.25) is 0 Å². The smallest absolute Gasteiger partial charge is 0.451 e. The molecule has 1 amide bonds. The van der Waals surface area contributed by atoms with E-state index in [-0.39, 0.29) is 56.3 Å². The normalized spacial score (nSPS) is 14.7. The summed E-state index contributed by atoms with van der Waals surface area (Å²) in [6.45, 7) is 4.81. The van der Waals surface area contributed by atoms with Gasteiger partial charge in [-0.25, -0.2) is 19.6 Å². The predicted molar refractivity (Wildman–Crippen MR) is 101 cm³/mol. The van der Waals surface area contributed by atoms with E-state index in [1.54, 1.807) is 18.7 Å². The number of benzene rings is 1. The van der Waals surface area contributed by atoms with Gasteiger partial charge in [0, 0.05) is 31.6 Å². The van der Waals surface area contributed by atoms with E-state index in [4.69, 9.17) is 9.47 Å². The van der Waals surface area contributed by atoms with Crippen molar-refractivity contribution in [1.29, 1.82) is 0 Å². The molecule has 1 aromatic carbocycles. The fourth-order valence-electron chi connectivity index (χ4n) is 3.14. The predicted octanol–water partition coefficient (Wildman–Crippen LogP) is 3.10. The first-order valence-electron chi connectivity index (χ1n) is 9.47. The van der Waals surface area contributed by atoms with Crippen LogP contribution in [0.3, 0.4) is 0 Å². The Morgan fingerprint density at radius 1 is 1.03 bits per heavy atom. The van der Waals surface area contributed by atoms with Gasteiger partial charge in [-0.1, -0.05) is 0 Å². The Hall–Kier alpha value is -3.11. The molecule has 2 aromatic rings. The van der Waals surface area contributed by atoms with Gasteiger partial charge in [0.2, 0.25) is 5.82 Å². The molecule has 1 aromatic heterocycles. The number of carbonyl (C=O) groups is 2. The van der Waals surface area contributed by atoms with Crippen molar-refractivity contribution < 1.29 is 32.2 Å². The monoisotopic (exact) mass is 426 g/mol. The van der Waals surface area contributed by atoms with E-state index in [2.05, 4.69) is 9.97 Å². The highest BCUT2D eigenvalue weighted by Gasteiger charge is 2.36. The van der Waals surface area contributed by atoms with Gasteiger partial charge in [0.25, 0.3) is 0 Å². The third-order valence-corrected chi connectivity index (χ3v) is 4.55. The summed E-state index contributed by atoms with van der Waals surface area (Å²) in [4.78, 5) is 34.4. The molecule has 0 unspecified atom stereocenters. The maximum absolute atomic E-state index is 13.3. The molecule has 0 N–H and O–H groups in total. The number of halogens is 3. The fraction of sp³-hybridized carbons (Fsp3) is 0.474. The molecule has 1 aliphatic heterocycles. The molecule has 0 spiro atoms. The number of fused-ring (bicyclic) bond motifs is 1. The molecule has 1 saturated heterocycles. The van der Waals surface area contributed by atoms with Crippen LogP contribution in [-0.2, 0) is 15.7 Å². The molecule has 0 radical (unpaired) electrons. The van der Waals surface area contributed by atoms with E-state index in [0.29, 0.717) is 5.39 Å². The molecule has 0 bridgehead atoms. The lowest BCUT2D eigenvalue weighted by Crippen LogP contribution is -2.49. The number of amides is 1. The molecule has 1 fully saturated rings. The van der Waals surface area contributed by atoms with Crippen molar-refractivity contribution in [2.45, 2.75) is 20.0 Å². The topological polar surface area (TPSA) is 84.9 Å². The summed E-state index contributed by atoms with van der Waals surface area (Å²) in [6, 6.07) is 4.15. The van der Waals surface area contributed by atoms with Crippen molar-refractivity contribution in [3.8, 4) is 0 Å². The number of hydrogen-bond donors (Lipinski definition) is 0. The van der Waals surface area contributed by atoms with Crippen molar-refractivity contribution in [1.82, 2.24) is 14.9 Å². The summed E-state index contributed by atoms with van der Waals surface area (Å²) in [5.41, 5.74) is 0.257. The number of carbonyl (C=O) groups excluding carboxylic acids is 2. The van der Waals surface area contributed by atoms with Gasteiger partial charge in [0.05, 0.1) is 24.3 Å².